The number of halogens is 6. The van der Waals surface area contributed by atoms with Crippen molar-refractivity contribution in [3.05, 3.63) is 39.9 Å². The Hall–Kier alpha value is -3.89. The first-order valence-electron chi connectivity index (χ1n) is 13.2. The number of nitrogens with one attached hydrogen (secondary N) is 2. The number of likely N-dealkylation sites (tertiary alicyclic amines) is 1. The molecule has 2 fully saturated rings. The average molecular weight is 603 g/mol. The number of carbonyl (C=O) groups is 2. The van der Waals surface area contributed by atoms with E-state index < -0.39 is 58.6 Å². The summed E-state index contributed by atoms with van der Waals surface area (Å²) in [6.07, 6.45) is -7.33. The van der Waals surface area contributed by atoms with Gasteiger partial charge in [0.25, 0.3) is 11.5 Å². The van der Waals surface area contributed by atoms with Gasteiger partial charge in [0, 0.05) is 45.5 Å². The SMILES string of the molecule is CC(CN1CCC(C(=O)N2CCN3c4ncc(C(F)(F)F)cc4N(C)C(=O)C3C2)C1)Nc1cn[nH]c(=O)c1C(F)(F)F. The molecule has 5 heterocycles. The van der Waals surface area contributed by atoms with Gasteiger partial charge in [-0.05, 0) is 26.0 Å². The van der Waals surface area contributed by atoms with Crippen LogP contribution in [0.4, 0.5) is 43.5 Å². The van der Waals surface area contributed by atoms with Crippen molar-refractivity contribution >= 4 is 29.0 Å². The quantitative estimate of drug-likeness (QED) is 0.500. The van der Waals surface area contributed by atoms with Crippen LogP contribution < -0.4 is 20.7 Å². The van der Waals surface area contributed by atoms with Crippen LogP contribution in [0.15, 0.2) is 23.3 Å². The van der Waals surface area contributed by atoms with Gasteiger partial charge >= 0.3 is 12.4 Å². The zero-order valence-corrected chi connectivity index (χ0v) is 22.6. The molecule has 2 saturated heterocycles. The van der Waals surface area contributed by atoms with Crippen LogP contribution in [0.5, 0.6) is 0 Å². The van der Waals surface area contributed by atoms with Crippen LogP contribution in [0, 0.1) is 5.92 Å². The summed E-state index contributed by atoms with van der Waals surface area (Å²) in [4.78, 5) is 48.5. The largest absolute Gasteiger partial charge is 0.423 e. The second-order valence-corrected chi connectivity index (χ2v) is 10.7. The Balaban J connectivity index is 1.20. The lowest BCUT2D eigenvalue weighted by molar-refractivity contribution is -0.138. The highest BCUT2D eigenvalue weighted by Gasteiger charge is 2.45. The van der Waals surface area contributed by atoms with Crippen LogP contribution in [0.25, 0.3) is 0 Å². The Morgan fingerprint density at radius 1 is 1.10 bits per heavy atom. The number of carbonyl (C=O) groups excluding carboxylic acids is 2. The molecular formula is C25H28F6N8O3. The van der Waals surface area contributed by atoms with Crippen molar-refractivity contribution in [3.8, 4) is 0 Å². The predicted octanol–water partition coefficient (Wildman–Crippen LogP) is 2.02. The van der Waals surface area contributed by atoms with Crippen LogP contribution in [0.1, 0.15) is 24.5 Å². The van der Waals surface area contributed by atoms with Crippen LogP contribution in [0.3, 0.4) is 0 Å². The van der Waals surface area contributed by atoms with Gasteiger partial charge in [-0.25, -0.2) is 10.1 Å². The van der Waals surface area contributed by atoms with Crippen molar-refractivity contribution < 1.29 is 35.9 Å². The standard InChI is InChI=1S/C25H28F6N8O3/c1-13(34-16-9-33-35-21(40)19(16)25(29,30)31)10-37-4-3-14(11-37)22(41)38-5-6-39-18(12-38)23(42)36(2)17-7-15(24(26,27)28)8-32-20(17)39/h7-9,13-14,18H,3-6,10-12H2,1-2H3,(H2,34,35,40). The van der Waals surface area contributed by atoms with Crippen molar-refractivity contribution in [1.29, 1.82) is 0 Å². The molecule has 0 bridgehead atoms. The van der Waals surface area contributed by atoms with Gasteiger partial charge in [-0.15, -0.1) is 0 Å². The molecule has 0 aliphatic carbocycles. The molecule has 0 aromatic carbocycles. The molecular weight excluding hydrogens is 574 g/mol. The molecule has 2 N–H and O–H groups in total. The van der Waals surface area contributed by atoms with E-state index in [9.17, 15) is 40.7 Å². The van der Waals surface area contributed by atoms with E-state index in [0.717, 1.165) is 23.4 Å². The van der Waals surface area contributed by atoms with Crippen molar-refractivity contribution in [3.63, 3.8) is 0 Å². The number of fused-ring (bicyclic) bond motifs is 3. The molecule has 3 aliphatic rings. The summed E-state index contributed by atoms with van der Waals surface area (Å²) in [7, 11) is 1.38. The smallest absolute Gasteiger partial charge is 0.379 e. The first kappa shape index (κ1) is 29.6. The molecule has 2 amide bonds. The van der Waals surface area contributed by atoms with Gasteiger partial charge in [-0.1, -0.05) is 0 Å². The number of anilines is 3. The summed E-state index contributed by atoms with van der Waals surface area (Å²) in [6, 6.07) is -0.405. The molecule has 17 heteroatoms. The summed E-state index contributed by atoms with van der Waals surface area (Å²) >= 11 is 0. The molecule has 3 atom stereocenters. The first-order chi connectivity index (χ1) is 19.6. The molecule has 42 heavy (non-hydrogen) atoms. The van der Waals surface area contributed by atoms with Crippen molar-refractivity contribution in [2.75, 3.05) is 61.4 Å². The summed E-state index contributed by atoms with van der Waals surface area (Å²) in [5, 5.41) is 7.94. The lowest BCUT2D eigenvalue weighted by Gasteiger charge is -2.47. The third-order valence-electron chi connectivity index (χ3n) is 7.81. The van der Waals surface area contributed by atoms with Crippen LogP contribution in [0.2, 0.25) is 0 Å². The number of aromatic nitrogens is 3. The monoisotopic (exact) mass is 602 g/mol. The van der Waals surface area contributed by atoms with E-state index >= 15 is 0 Å². The number of likely N-dealkylation sites (N-methyl/N-ethyl adjacent to an activating group) is 1. The predicted molar refractivity (Wildman–Crippen MR) is 138 cm³/mol. The van der Waals surface area contributed by atoms with E-state index in [-0.39, 0.29) is 37.0 Å². The van der Waals surface area contributed by atoms with Gasteiger partial charge < -0.3 is 24.9 Å². The second-order valence-electron chi connectivity index (χ2n) is 10.7. The number of piperazine rings is 1. The molecule has 0 saturated carbocycles. The fourth-order valence-corrected chi connectivity index (χ4v) is 5.81. The summed E-state index contributed by atoms with van der Waals surface area (Å²) < 4.78 is 79.7. The maximum Gasteiger partial charge on any atom is 0.423 e. The Morgan fingerprint density at radius 3 is 2.52 bits per heavy atom. The Morgan fingerprint density at radius 2 is 1.83 bits per heavy atom. The highest BCUT2D eigenvalue weighted by molar-refractivity contribution is 6.05. The van der Waals surface area contributed by atoms with Crippen LogP contribution >= 0.6 is 0 Å². The van der Waals surface area contributed by atoms with Gasteiger partial charge in [0.05, 0.1) is 35.6 Å². The molecule has 2 aromatic heterocycles. The molecule has 0 radical (unpaired) electrons. The maximum absolute atomic E-state index is 13.4. The normalized spacial score (nSPS) is 22.2. The van der Waals surface area contributed by atoms with Crippen molar-refractivity contribution in [2.24, 2.45) is 5.92 Å². The summed E-state index contributed by atoms with van der Waals surface area (Å²) in [6.45, 7) is 3.35. The minimum Gasteiger partial charge on any atom is -0.379 e. The van der Waals surface area contributed by atoms with Gasteiger partial charge in [0.1, 0.15) is 11.6 Å². The van der Waals surface area contributed by atoms with E-state index in [1.807, 2.05) is 4.90 Å². The number of aromatic amines is 1. The summed E-state index contributed by atoms with van der Waals surface area (Å²) in [5.74, 6) is -0.758. The number of rotatable bonds is 5. The first-order valence-corrected chi connectivity index (χ1v) is 13.2. The number of pyridine rings is 1. The van der Waals surface area contributed by atoms with Crippen LogP contribution in [-0.4, -0.2) is 95.2 Å². The number of alkyl halides is 6. The third-order valence-corrected chi connectivity index (χ3v) is 7.81. The lowest BCUT2D eigenvalue weighted by atomic mass is 10.0. The Labute approximate surface area is 235 Å². The Bertz CT molecular complexity index is 1430. The maximum atomic E-state index is 13.4. The Kier molecular flexibility index (Phi) is 7.57. The van der Waals surface area contributed by atoms with Crippen molar-refractivity contribution in [2.45, 2.75) is 37.8 Å². The average Bonchev–Trinajstić information content (AvgIpc) is 3.37. The summed E-state index contributed by atoms with van der Waals surface area (Å²) in [5.41, 5.74) is -4.05. The number of hydrogen-bond acceptors (Lipinski definition) is 8. The minimum absolute atomic E-state index is 0.0500. The number of H-pyrrole nitrogens is 1. The highest BCUT2D eigenvalue weighted by Crippen LogP contribution is 2.39. The zero-order chi connectivity index (χ0) is 30.6. The molecule has 3 unspecified atom stereocenters. The fraction of sp³-hybridized carbons (Fsp3) is 0.560. The molecule has 5 rings (SSSR count). The second kappa shape index (κ2) is 10.7. The van der Waals surface area contributed by atoms with Crippen LogP contribution in [-0.2, 0) is 21.9 Å². The van der Waals surface area contributed by atoms with E-state index in [0.29, 0.717) is 26.1 Å². The highest BCUT2D eigenvalue weighted by atomic mass is 19.4. The van der Waals surface area contributed by atoms with Gasteiger partial charge in [0.15, 0.2) is 5.82 Å². The number of nitrogens with zero attached hydrogens (tertiary/aromatic N) is 6. The number of amides is 2. The van der Waals surface area contributed by atoms with E-state index in [1.54, 1.807) is 21.8 Å². The van der Waals surface area contributed by atoms with E-state index in [2.05, 4.69) is 15.4 Å². The fourth-order valence-electron chi connectivity index (χ4n) is 5.81. The topological polar surface area (TPSA) is 118 Å². The third kappa shape index (κ3) is 5.61. The van der Waals surface area contributed by atoms with Gasteiger partial charge in [0.2, 0.25) is 5.91 Å². The molecule has 0 spiro atoms. The van der Waals surface area contributed by atoms with Gasteiger partial charge in [-0.3, -0.25) is 14.4 Å². The van der Waals surface area contributed by atoms with Crippen molar-refractivity contribution in [1.82, 2.24) is 25.0 Å². The molecule has 228 valence electrons. The number of hydrogen-bond donors (Lipinski definition) is 2. The minimum atomic E-state index is -4.87. The zero-order valence-electron chi connectivity index (χ0n) is 22.6. The van der Waals surface area contributed by atoms with E-state index in [1.165, 1.54) is 7.05 Å². The van der Waals surface area contributed by atoms with Gasteiger partial charge in [-0.2, -0.15) is 31.4 Å². The molecule has 3 aliphatic heterocycles. The molecule has 11 nitrogen and oxygen atoms in total. The molecule has 2 aromatic rings. The van der Waals surface area contributed by atoms with E-state index in [4.69, 9.17) is 0 Å². The lowest BCUT2D eigenvalue weighted by Crippen LogP contribution is -2.63.